The maximum absolute atomic E-state index is 12.6. The Morgan fingerprint density at radius 2 is 2.18 bits per heavy atom. The van der Waals surface area contributed by atoms with Crippen LogP contribution in [-0.2, 0) is 16.0 Å². The van der Waals surface area contributed by atoms with Gasteiger partial charge in [0.25, 0.3) is 0 Å². The monoisotopic (exact) mass is 305 g/mol. The Hall–Kier alpha value is -2.04. The number of ether oxygens (including phenoxy) is 1. The molecule has 0 radical (unpaired) electrons. The largest absolute Gasteiger partial charge is 0.497 e. The number of carboxylic acids is 1. The summed E-state index contributed by atoms with van der Waals surface area (Å²) in [6, 6.07) is 7.57. The number of rotatable bonds is 6. The molecule has 0 bridgehead atoms. The van der Waals surface area contributed by atoms with Crippen molar-refractivity contribution in [2.75, 3.05) is 13.7 Å². The highest BCUT2D eigenvalue weighted by Crippen LogP contribution is 2.22. The van der Waals surface area contributed by atoms with Crippen LogP contribution in [0.25, 0.3) is 0 Å². The van der Waals surface area contributed by atoms with Crippen molar-refractivity contribution in [3.05, 3.63) is 29.8 Å². The first kappa shape index (κ1) is 16.3. The smallest absolute Gasteiger partial charge is 0.303 e. The zero-order valence-electron chi connectivity index (χ0n) is 13.0. The van der Waals surface area contributed by atoms with E-state index in [0.717, 1.165) is 37.1 Å². The van der Waals surface area contributed by atoms with E-state index in [2.05, 4.69) is 0 Å². The van der Waals surface area contributed by atoms with Crippen molar-refractivity contribution >= 4 is 11.9 Å². The Balaban J connectivity index is 2.00. The average Bonchev–Trinajstić information content (AvgIpc) is 2.53. The lowest BCUT2D eigenvalue weighted by molar-refractivity contribution is -0.139. The standard InChI is InChI=1S/C17H23NO4/c1-22-15-7-4-5-13(11-15)12-16(19)18-10-3-2-6-14(18)8-9-17(20)21/h4-5,7,11,14H,2-3,6,8-10,12H2,1H3,(H,20,21). The number of hydrogen-bond donors (Lipinski definition) is 1. The minimum atomic E-state index is -0.800. The molecule has 0 spiro atoms. The van der Waals surface area contributed by atoms with E-state index in [-0.39, 0.29) is 18.4 Å². The fourth-order valence-electron chi connectivity index (χ4n) is 2.98. The second-order valence-electron chi connectivity index (χ2n) is 5.70. The van der Waals surface area contributed by atoms with Gasteiger partial charge in [0.15, 0.2) is 0 Å². The normalized spacial score (nSPS) is 18.0. The minimum absolute atomic E-state index is 0.0583. The van der Waals surface area contributed by atoms with Crippen LogP contribution in [0.4, 0.5) is 0 Å². The first-order chi connectivity index (χ1) is 10.6. The molecule has 1 atom stereocenters. The quantitative estimate of drug-likeness (QED) is 0.877. The number of nitrogens with zero attached hydrogens (tertiary/aromatic N) is 1. The Morgan fingerprint density at radius 1 is 1.36 bits per heavy atom. The number of carboxylic acid groups (broad SMARTS) is 1. The third kappa shape index (κ3) is 4.48. The van der Waals surface area contributed by atoms with Gasteiger partial charge >= 0.3 is 5.97 Å². The molecular formula is C17H23NO4. The van der Waals surface area contributed by atoms with Gasteiger partial charge in [0, 0.05) is 19.0 Å². The van der Waals surface area contributed by atoms with Gasteiger partial charge in [-0.25, -0.2) is 0 Å². The highest BCUT2D eigenvalue weighted by Gasteiger charge is 2.26. The minimum Gasteiger partial charge on any atom is -0.497 e. The van der Waals surface area contributed by atoms with E-state index in [0.29, 0.717) is 12.8 Å². The van der Waals surface area contributed by atoms with Crippen molar-refractivity contribution in [2.24, 2.45) is 0 Å². The molecule has 2 rings (SSSR count). The molecular weight excluding hydrogens is 282 g/mol. The van der Waals surface area contributed by atoms with Gasteiger partial charge in [0.2, 0.25) is 5.91 Å². The number of piperidine rings is 1. The second-order valence-corrected chi connectivity index (χ2v) is 5.70. The topological polar surface area (TPSA) is 66.8 Å². The molecule has 120 valence electrons. The predicted octanol–water partition coefficient (Wildman–Crippen LogP) is 2.48. The SMILES string of the molecule is COc1cccc(CC(=O)N2CCCCC2CCC(=O)O)c1. The van der Waals surface area contributed by atoms with E-state index in [4.69, 9.17) is 9.84 Å². The van der Waals surface area contributed by atoms with Gasteiger partial charge in [-0.3, -0.25) is 9.59 Å². The fourth-order valence-corrected chi connectivity index (χ4v) is 2.98. The van der Waals surface area contributed by atoms with Crippen LogP contribution < -0.4 is 4.74 Å². The molecule has 1 aromatic rings. The zero-order chi connectivity index (χ0) is 15.9. The van der Waals surface area contributed by atoms with Gasteiger partial charge in [0.05, 0.1) is 13.5 Å². The first-order valence-electron chi connectivity index (χ1n) is 7.74. The van der Waals surface area contributed by atoms with Crippen LogP contribution in [-0.4, -0.2) is 41.6 Å². The van der Waals surface area contributed by atoms with E-state index in [1.165, 1.54) is 0 Å². The molecule has 1 saturated heterocycles. The highest BCUT2D eigenvalue weighted by atomic mass is 16.5. The van der Waals surface area contributed by atoms with Crippen LogP contribution in [0.2, 0.25) is 0 Å². The summed E-state index contributed by atoms with van der Waals surface area (Å²) < 4.78 is 5.18. The number of benzene rings is 1. The van der Waals surface area contributed by atoms with E-state index >= 15 is 0 Å². The number of likely N-dealkylation sites (tertiary alicyclic amines) is 1. The number of methoxy groups -OCH3 is 1. The molecule has 0 aliphatic carbocycles. The molecule has 1 aliphatic heterocycles. The molecule has 0 saturated carbocycles. The van der Waals surface area contributed by atoms with Crippen molar-refractivity contribution in [1.82, 2.24) is 4.90 Å². The number of carbonyl (C=O) groups excluding carboxylic acids is 1. The first-order valence-corrected chi connectivity index (χ1v) is 7.74. The van der Waals surface area contributed by atoms with Crippen LogP contribution in [0.1, 0.15) is 37.7 Å². The molecule has 1 N–H and O–H groups in total. The fraction of sp³-hybridized carbons (Fsp3) is 0.529. The van der Waals surface area contributed by atoms with Crippen molar-refractivity contribution in [3.8, 4) is 5.75 Å². The molecule has 1 aliphatic rings. The summed E-state index contributed by atoms with van der Waals surface area (Å²) in [7, 11) is 1.60. The summed E-state index contributed by atoms with van der Waals surface area (Å²) in [6.45, 7) is 0.729. The number of hydrogen-bond acceptors (Lipinski definition) is 3. The molecule has 0 aromatic heterocycles. The zero-order valence-corrected chi connectivity index (χ0v) is 13.0. The predicted molar refractivity (Wildman–Crippen MR) is 82.9 cm³/mol. The van der Waals surface area contributed by atoms with Gasteiger partial charge < -0.3 is 14.7 Å². The third-order valence-corrected chi connectivity index (χ3v) is 4.13. The van der Waals surface area contributed by atoms with E-state index in [1.807, 2.05) is 29.2 Å². The van der Waals surface area contributed by atoms with Gasteiger partial charge in [-0.15, -0.1) is 0 Å². The Kier molecular flexibility index (Phi) is 5.81. The lowest BCUT2D eigenvalue weighted by atomic mass is 9.97. The summed E-state index contributed by atoms with van der Waals surface area (Å²) in [5.41, 5.74) is 0.923. The van der Waals surface area contributed by atoms with E-state index in [9.17, 15) is 9.59 Å². The van der Waals surface area contributed by atoms with Crippen LogP contribution in [0.15, 0.2) is 24.3 Å². The molecule has 22 heavy (non-hydrogen) atoms. The van der Waals surface area contributed by atoms with Gasteiger partial charge in [0.1, 0.15) is 5.75 Å². The molecule has 1 fully saturated rings. The van der Waals surface area contributed by atoms with Crippen LogP contribution in [0.5, 0.6) is 5.75 Å². The van der Waals surface area contributed by atoms with Gasteiger partial charge in [-0.1, -0.05) is 12.1 Å². The van der Waals surface area contributed by atoms with Gasteiger partial charge in [-0.05, 0) is 43.4 Å². The summed E-state index contributed by atoms with van der Waals surface area (Å²) in [5.74, 6) is 0.0143. The maximum Gasteiger partial charge on any atom is 0.303 e. The van der Waals surface area contributed by atoms with Crippen molar-refractivity contribution in [1.29, 1.82) is 0 Å². The highest BCUT2D eigenvalue weighted by molar-refractivity contribution is 5.79. The van der Waals surface area contributed by atoms with Crippen LogP contribution >= 0.6 is 0 Å². The molecule has 1 heterocycles. The second kappa shape index (κ2) is 7.82. The number of carbonyl (C=O) groups is 2. The van der Waals surface area contributed by atoms with E-state index < -0.39 is 5.97 Å². The number of amides is 1. The summed E-state index contributed by atoms with van der Waals surface area (Å²) in [4.78, 5) is 25.2. The van der Waals surface area contributed by atoms with Crippen LogP contribution in [0, 0.1) is 0 Å². The molecule has 1 unspecified atom stereocenters. The molecule has 1 aromatic carbocycles. The lowest BCUT2D eigenvalue weighted by Crippen LogP contribution is -2.44. The Labute approximate surface area is 130 Å². The molecule has 5 nitrogen and oxygen atoms in total. The van der Waals surface area contributed by atoms with Crippen molar-refractivity contribution in [3.63, 3.8) is 0 Å². The van der Waals surface area contributed by atoms with Crippen molar-refractivity contribution < 1.29 is 19.4 Å². The average molecular weight is 305 g/mol. The van der Waals surface area contributed by atoms with E-state index in [1.54, 1.807) is 7.11 Å². The Bertz CT molecular complexity index is 529. The van der Waals surface area contributed by atoms with Crippen molar-refractivity contribution in [2.45, 2.75) is 44.6 Å². The maximum atomic E-state index is 12.6. The lowest BCUT2D eigenvalue weighted by Gasteiger charge is -2.35. The molecule has 5 heteroatoms. The van der Waals surface area contributed by atoms with Crippen LogP contribution in [0.3, 0.4) is 0 Å². The summed E-state index contributed by atoms with van der Waals surface area (Å²) >= 11 is 0. The Morgan fingerprint density at radius 3 is 2.91 bits per heavy atom. The summed E-state index contributed by atoms with van der Waals surface area (Å²) in [5, 5.41) is 8.84. The summed E-state index contributed by atoms with van der Waals surface area (Å²) in [6.07, 6.45) is 3.95. The number of aliphatic carboxylic acids is 1. The third-order valence-electron chi connectivity index (χ3n) is 4.13. The van der Waals surface area contributed by atoms with Gasteiger partial charge in [-0.2, -0.15) is 0 Å². The molecule has 1 amide bonds.